The first-order chi connectivity index (χ1) is 16.4. The molecule has 192 valence electrons. The summed E-state index contributed by atoms with van der Waals surface area (Å²) in [5.74, 6) is -0.105. The number of ether oxygens (including phenoxy) is 1. The molecule has 7 unspecified atom stereocenters. The number of carbonyl (C=O) groups is 2. The fraction of sp³-hybridized carbons (Fsp3) is 0.733. The lowest BCUT2D eigenvalue weighted by Crippen LogP contribution is -2.52. The van der Waals surface area contributed by atoms with E-state index < -0.39 is 12.1 Å². The standard InChI is InChI=1S/C30H42O5/c1-18(2)21-9-10-23-28(5)15-22(31)25(20-8-6-7-19(3)26(34)35-16-20)27(28,4)13-14-30(23)17-29(21,30)12-11-24(32)33/h7,21-23,31H,1,6,8-17H2,2-5H3,(H,32,33). The van der Waals surface area contributed by atoms with Gasteiger partial charge in [-0.3, -0.25) is 4.79 Å². The molecule has 4 fully saturated rings. The lowest BCUT2D eigenvalue weighted by molar-refractivity contribution is -0.139. The van der Waals surface area contributed by atoms with Crippen LogP contribution in [0, 0.1) is 33.5 Å². The van der Waals surface area contributed by atoms with Crippen LogP contribution in [0.15, 0.2) is 34.9 Å². The predicted molar refractivity (Wildman–Crippen MR) is 134 cm³/mol. The summed E-state index contributed by atoms with van der Waals surface area (Å²) in [6, 6.07) is 0. The Morgan fingerprint density at radius 3 is 2.69 bits per heavy atom. The SMILES string of the molecule is C=C(C)C1CCC2C3(C)CC(O)C(=C4CCC=C(C)C(=O)OC4)C3(C)CCC23CC13CCC(=O)O. The Labute approximate surface area is 209 Å². The van der Waals surface area contributed by atoms with E-state index in [9.17, 15) is 19.8 Å². The highest BCUT2D eigenvalue weighted by molar-refractivity contribution is 5.87. The third kappa shape index (κ3) is 3.29. The molecular formula is C30H42O5. The maximum absolute atomic E-state index is 12.3. The van der Waals surface area contributed by atoms with Crippen LogP contribution in [-0.2, 0) is 14.3 Å². The van der Waals surface area contributed by atoms with Gasteiger partial charge in [0.15, 0.2) is 0 Å². The molecule has 2 N–H and O–H groups in total. The van der Waals surface area contributed by atoms with Crippen LogP contribution in [0.4, 0.5) is 0 Å². The molecule has 0 bridgehead atoms. The van der Waals surface area contributed by atoms with E-state index in [1.54, 1.807) is 6.92 Å². The molecule has 4 saturated carbocycles. The molecular weight excluding hydrogens is 440 g/mol. The normalized spacial score (nSPS) is 46.8. The maximum Gasteiger partial charge on any atom is 0.333 e. The van der Waals surface area contributed by atoms with Crippen LogP contribution in [0.1, 0.15) is 91.9 Å². The molecule has 5 nitrogen and oxygen atoms in total. The quantitative estimate of drug-likeness (QED) is 0.380. The molecule has 0 aromatic heterocycles. The Balaban J connectivity index is 1.53. The number of esters is 1. The maximum atomic E-state index is 12.3. The Hall–Kier alpha value is -1.88. The third-order valence-corrected chi connectivity index (χ3v) is 11.6. The fourth-order valence-corrected chi connectivity index (χ4v) is 9.89. The van der Waals surface area contributed by atoms with Gasteiger partial charge in [-0.2, -0.15) is 0 Å². The number of hydrogen-bond acceptors (Lipinski definition) is 4. The van der Waals surface area contributed by atoms with E-state index in [1.165, 1.54) is 5.57 Å². The van der Waals surface area contributed by atoms with Crippen LogP contribution >= 0.6 is 0 Å². The van der Waals surface area contributed by atoms with Crippen LogP contribution in [0.25, 0.3) is 0 Å². The number of rotatable bonds is 4. The molecule has 1 spiro atoms. The average molecular weight is 483 g/mol. The van der Waals surface area contributed by atoms with Crippen molar-refractivity contribution in [1.82, 2.24) is 0 Å². The molecule has 0 saturated heterocycles. The number of cyclic esters (lactones) is 1. The van der Waals surface area contributed by atoms with Crippen LogP contribution in [0.3, 0.4) is 0 Å². The first-order valence-electron chi connectivity index (χ1n) is 13.5. The van der Waals surface area contributed by atoms with E-state index in [-0.39, 0.29) is 40.7 Å². The van der Waals surface area contributed by atoms with Gasteiger partial charge in [0.2, 0.25) is 0 Å². The molecule has 4 aliphatic carbocycles. The Bertz CT molecular complexity index is 1040. The van der Waals surface area contributed by atoms with Gasteiger partial charge in [-0.05, 0) is 116 Å². The van der Waals surface area contributed by atoms with Crippen molar-refractivity contribution in [2.45, 2.75) is 98.0 Å². The van der Waals surface area contributed by atoms with Gasteiger partial charge in [-0.15, -0.1) is 0 Å². The van der Waals surface area contributed by atoms with Crippen LogP contribution in [0.2, 0.25) is 0 Å². The van der Waals surface area contributed by atoms with Gasteiger partial charge in [-0.25, -0.2) is 4.79 Å². The van der Waals surface area contributed by atoms with Crippen molar-refractivity contribution in [3.8, 4) is 0 Å². The van der Waals surface area contributed by atoms with Gasteiger partial charge in [0.25, 0.3) is 0 Å². The van der Waals surface area contributed by atoms with E-state index >= 15 is 0 Å². The van der Waals surface area contributed by atoms with Crippen LogP contribution in [-0.4, -0.2) is 34.9 Å². The van der Waals surface area contributed by atoms with Crippen molar-refractivity contribution in [3.05, 3.63) is 34.9 Å². The molecule has 7 atom stereocenters. The van der Waals surface area contributed by atoms with Gasteiger partial charge < -0.3 is 14.9 Å². The summed E-state index contributed by atoms with van der Waals surface area (Å²) in [6.07, 6.45) is 10.1. The Morgan fingerprint density at radius 1 is 1.26 bits per heavy atom. The van der Waals surface area contributed by atoms with Crippen molar-refractivity contribution in [3.63, 3.8) is 0 Å². The van der Waals surface area contributed by atoms with Crippen LogP contribution in [0.5, 0.6) is 0 Å². The molecule has 0 amide bonds. The van der Waals surface area contributed by atoms with Crippen molar-refractivity contribution in [2.24, 2.45) is 33.5 Å². The highest BCUT2D eigenvalue weighted by Gasteiger charge is 2.80. The van der Waals surface area contributed by atoms with Crippen molar-refractivity contribution < 1.29 is 24.5 Å². The molecule has 35 heavy (non-hydrogen) atoms. The van der Waals surface area contributed by atoms with E-state index in [0.29, 0.717) is 17.4 Å². The van der Waals surface area contributed by atoms with Gasteiger partial charge in [0, 0.05) is 12.0 Å². The van der Waals surface area contributed by atoms with E-state index in [2.05, 4.69) is 27.4 Å². The molecule has 0 radical (unpaired) electrons. The Kier molecular flexibility index (Phi) is 5.71. The van der Waals surface area contributed by atoms with Gasteiger partial charge in [0.05, 0.1) is 6.10 Å². The van der Waals surface area contributed by atoms with Crippen molar-refractivity contribution in [2.75, 3.05) is 6.61 Å². The minimum atomic E-state index is -0.706. The molecule has 5 rings (SSSR count). The summed E-state index contributed by atoms with van der Waals surface area (Å²) in [4.78, 5) is 23.9. The first-order valence-corrected chi connectivity index (χ1v) is 13.5. The second kappa shape index (κ2) is 8.06. The zero-order valence-corrected chi connectivity index (χ0v) is 21.9. The van der Waals surface area contributed by atoms with E-state index in [1.807, 2.05) is 6.08 Å². The second-order valence-electron chi connectivity index (χ2n) is 12.9. The number of aliphatic hydroxyl groups excluding tert-OH is 1. The van der Waals surface area contributed by atoms with Crippen molar-refractivity contribution in [1.29, 1.82) is 0 Å². The summed E-state index contributed by atoms with van der Waals surface area (Å²) >= 11 is 0. The fourth-order valence-electron chi connectivity index (χ4n) is 9.89. The van der Waals surface area contributed by atoms with Crippen molar-refractivity contribution >= 4 is 11.9 Å². The number of aliphatic carboxylic acids is 1. The second-order valence-corrected chi connectivity index (χ2v) is 12.9. The predicted octanol–water partition coefficient (Wildman–Crippen LogP) is 5.98. The summed E-state index contributed by atoms with van der Waals surface area (Å²) < 4.78 is 5.63. The highest BCUT2D eigenvalue weighted by Crippen LogP contribution is 2.87. The number of hydrogen-bond donors (Lipinski definition) is 2. The summed E-state index contributed by atoms with van der Waals surface area (Å²) in [5.41, 5.74) is 4.12. The first kappa shape index (κ1) is 24.8. The smallest absolute Gasteiger partial charge is 0.333 e. The monoisotopic (exact) mass is 482 g/mol. The minimum Gasteiger partial charge on any atom is -0.481 e. The third-order valence-electron chi connectivity index (χ3n) is 11.6. The molecule has 0 aromatic carbocycles. The minimum absolute atomic E-state index is 0.0451. The average Bonchev–Trinajstić information content (AvgIpc) is 3.40. The largest absolute Gasteiger partial charge is 0.481 e. The van der Waals surface area contributed by atoms with E-state index in [4.69, 9.17) is 4.74 Å². The van der Waals surface area contributed by atoms with Crippen LogP contribution < -0.4 is 0 Å². The molecule has 5 heteroatoms. The lowest BCUT2D eigenvalue weighted by atomic mass is 9.44. The molecule has 0 aromatic rings. The summed E-state index contributed by atoms with van der Waals surface area (Å²) in [7, 11) is 0. The molecule has 1 heterocycles. The van der Waals surface area contributed by atoms with Gasteiger partial charge in [0.1, 0.15) is 6.61 Å². The molecule has 1 aliphatic heterocycles. The zero-order chi connectivity index (χ0) is 25.4. The zero-order valence-electron chi connectivity index (χ0n) is 21.9. The number of aliphatic hydroxyl groups is 1. The summed E-state index contributed by atoms with van der Waals surface area (Å²) in [6.45, 7) is 13.3. The highest BCUT2D eigenvalue weighted by atomic mass is 16.5. The summed E-state index contributed by atoms with van der Waals surface area (Å²) in [5, 5.41) is 21.1. The Morgan fingerprint density at radius 2 is 2.00 bits per heavy atom. The van der Waals surface area contributed by atoms with Gasteiger partial charge >= 0.3 is 11.9 Å². The number of carbonyl (C=O) groups excluding carboxylic acids is 1. The topological polar surface area (TPSA) is 83.8 Å². The molecule has 5 aliphatic rings. The number of fused-ring (bicyclic) bond motifs is 2. The number of carboxylic acid groups (broad SMARTS) is 1. The van der Waals surface area contributed by atoms with Gasteiger partial charge in [-0.1, -0.05) is 32.1 Å². The lowest BCUT2D eigenvalue weighted by Gasteiger charge is -2.59. The number of carboxylic acids is 1. The number of allylic oxidation sites excluding steroid dienone is 2. The van der Waals surface area contributed by atoms with E-state index in [0.717, 1.165) is 68.9 Å².